The van der Waals surface area contributed by atoms with Crippen LogP contribution in [0.1, 0.15) is 75.2 Å². The molecular weight excluding hydrogens is 450 g/mol. The van der Waals surface area contributed by atoms with Gasteiger partial charge in [0.05, 0.1) is 13.2 Å². The molecule has 2 N–H and O–H groups in total. The van der Waals surface area contributed by atoms with Crippen molar-refractivity contribution in [3.63, 3.8) is 0 Å². The number of benzene rings is 1. The van der Waals surface area contributed by atoms with E-state index in [4.69, 9.17) is 24.6 Å². The van der Waals surface area contributed by atoms with Gasteiger partial charge in [-0.25, -0.2) is 4.84 Å². The third-order valence-corrected chi connectivity index (χ3v) is 7.35. The molecule has 4 rings (SSSR count). The highest BCUT2D eigenvalue weighted by molar-refractivity contribution is 5.95. The van der Waals surface area contributed by atoms with Gasteiger partial charge in [0.1, 0.15) is 5.75 Å². The summed E-state index contributed by atoms with van der Waals surface area (Å²) in [6.07, 6.45) is 6.17. The molecule has 1 aromatic rings. The van der Waals surface area contributed by atoms with E-state index >= 15 is 0 Å². The van der Waals surface area contributed by atoms with Gasteiger partial charge in [0.2, 0.25) is 6.29 Å². The Morgan fingerprint density at radius 2 is 2.03 bits per heavy atom. The fourth-order valence-electron chi connectivity index (χ4n) is 5.30. The van der Waals surface area contributed by atoms with E-state index in [1.165, 1.54) is 5.34 Å². The van der Waals surface area contributed by atoms with Gasteiger partial charge in [0.15, 0.2) is 0 Å². The molecule has 1 saturated carbocycles. The number of ether oxygens (including phenoxy) is 1. The Bertz CT molecular complexity index is 849. The van der Waals surface area contributed by atoms with E-state index in [-0.39, 0.29) is 24.8 Å². The molecule has 9 nitrogen and oxygen atoms in total. The van der Waals surface area contributed by atoms with Gasteiger partial charge >= 0.3 is 0 Å². The average Bonchev–Trinajstić information content (AvgIpc) is 3.30. The number of aliphatic hydroxyl groups is 1. The van der Waals surface area contributed by atoms with Gasteiger partial charge in [-0.3, -0.25) is 4.79 Å². The van der Waals surface area contributed by atoms with Crippen molar-refractivity contribution in [3.05, 3.63) is 29.3 Å². The van der Waals surface area contributed by atoms with Crippen LogP contribution in [0, 0.1) is 24.2 Å². The summed E-state index contributed by atoms with van der Waals surface area (Å²) in [7, 11) is 0. The molecule has 1 aliphatic carbocycles. The average molecular weight is 492 g/mol. The van der Waals surface area contributed by atoms with E-state index in [0.717, 1.165) is 62.9 Å². The number of piperidine rings is 1. The zero-order valence-corrected chi connectivity index (χ0v) is 21.5. The van der Waals surface area contributed by atoms with Gasteiger partial charge in [0.25, 0.3) is 5.91 Å². The molecule has 2 unspecified atom stereocenters. The Morgan fingerprint density at radius 1 is 1.29 bits per heavy atom. The standard InChI is InChI=1S/C26H41N3O6/c1-18-14-22(7-8-23(18)24(31)27-19(2)17-30)32-13-5-6-20-9-11-28(12-10-20)29-33-25(34-35-29)21-15-26(3,4)16-21/h7-8,14,19-21,25,30H,5-6,9-13,15-17H2,1-4H3,(H,27,31). The number of rotatable bonds is 10. The highest BCUT2D eigenvalue weighted by Gasteiger charge is 2.47. The van der Waals surface area contributed by atoms with Crippen LogP contribution in [0.3, 0.4) is 0 Å². The van der Waals surface area contributed by atoms with Crippen LogP contribution in [0.2, 0.25) is 0 Å². The number of hydrazine groups is 1. The summed E-state index contributed by atoms with van der Waals surface area (Å²) in [4.78, 5) is 29.0. The Hall–Kier alpha value is -1.75. The van der Waals surface area contributed by atoms with Crippen molar-refractivity contribution in [2.24, 2.45) is 17.3 Å². The predicted octanol–water partition coefficient (Wildman–Crippen LogP) is 3.76. The molecule has 0 bridgehead atoms. The number of hydrogen-bond acceptors (Lipinski definition) is 8. The minimum atomic E-state index is -0.297. The number of amides is 1. The molecule has 0 aromatic heterocycles. The van der Waals surface area contributed by atoms with Gasteiger partial charge in [0, 0.05) is 35.9 Å². The molecule has 1 amide bonds. The van der Waals surface area contributed by atoms with Crippen molar-refractivity contribution in [1.29, 1.82) is 0 Å². The van der Waals surface area contributed by atoms with E-state index in [9.17, 15) is 4.79 Å². The van der Waals surface area contributed by atoms with Crippen molar-refractivity contribution >= 4 is 5.91 Å². The fraction of sp³-hybridized carbons (Fsp3) is 0.731. The highest BCUT2D eigenvalue weighted by atomic mass is 17.4. The quantitative estimate of drug-likeness (QED) is 0.378. The second-order valence-corrected chi connectivity index (χ2v) is 11.1. The van der Waals surface area contributed by atoms with E-state index < -0.39 is 0 Å². The second kappa shape index (κ2) is 11.5. The van der Waals surface area contributed by atoms with E-state index in [1.54, 1.807) is 13.0 Å². The number of aryl methyl sites for hydroxylation is 1. The van der Waals surface area contributed by atoms with Gasteiger partial charge in [-0.15, -0.1) is 0 Å². The number of hydrogen-bond donors (Lipinski definition) is 2. The minimum Gasteiger partial charge on any atom is -0.494 e. The van der Waals surface area contributed by atoms with Crippen LogP contribution in [0.15, 0.2) is 18.2 Å². The Labute approximate surface area is 208 Å². The zero-order valence-electron chi connectivity index (χ0n) is 21.5. The molecule has 2 heterocycles. The summed E-state index contributed by atoms with van der Waals surface area (Å²) in [6, 6.07) is 5.24. The lowest BCUT2D eigenvalue weighted by molar-refractivity contribution is -0.487. The monoisotopic (exact) mass is 491 g/mol. The maximum absolute atomic E-state index is 12.3. The summed E-state index contributed by atoms with van der Waals surface area (Å²) in [6.45, 7) is 10.5. The number of nitrogens with one attached hydrogen (secondary N) is 1. The molecule has 9 heteroatoms. The van der Waals surface area contributed by atoms with Crippen molar-refractivity contribution in [2.45, 2.75) is 78.6 Å². The predicted molar refractivity (Wildman–Crippen MR) is 130 cm³/mol. The zero-order chi connectivity index (χ0) is 25.0. The Balaban J connectivity index is 1.11. The minimum absolute atomic E-state index is 0.0846. The van der Waals surface area contributed by atoms with Crippen LogP contribution in [0.5, 0.6) is 5.75 Å². The molecule has 2 atom stereocenters. The molecule has 1 aromatic carbocycles. The number of nitrogens with zero attached hydrogens (tertiary/aromatic N) is 2. The van der Waals surface area contributed by atoms with Crippen LogP contribution >= 0.6 is 0 Å². The van der Waals surface area contributed by atoms with E-state index in [0.29, 0.717) is 29.4 Å². The summed E-state index contributed by atoms with van der Waals surface area (Å²) >= 11 is 0. The van der Waals surface area contributed by atoms with Gasteiger partial charge in [-0.2, -0.15) is 9.90 Å². The molecule has 3 fully saturated rings. The highest BCUT2D eigenvalue weighted by Crippen LogP contribution is 2.48. The largest absolute Gasteiger partial charge is 0.494 e. The maximum atomic E-state index is 12.3. The van der Waals surface area contributed by atoms with Crippen LogP contribution in [-0.4, -0.2) is 60.0 Å². The summed E-state index contributed by atoms with van der Waals surface area (Å²) < 4.78 is 5.94. The molecule has 196 valence electrons. The number of aliphatic hydroxyl groups excluding tert-OH is 1. The molecule has 2 saturated heterocycles. The fourth-order valence-corrected chi connectivity index (χ4v) is 5.30. The first kappa shape index (κ1) is 26.3. The van der Waals surface area contributed by atoms with Crippen molar-refractivity contribution < 1.29 is 29.4 Å². The number of carbonyl (C=O) groups excluding carboxylic acids is 1. The SMILES string of the molecule is Cc1cc(OCCCC2CCN(N3OOC(C4CC(C)(C)C4)O3)CC2)ccc1C(=O)NC(C)CO. The first-order valence-corrected chi connectivity index (χ1v) is 12.9. The smallest absolute Gasteiger partial charge is 0.251 e. The summed E-state index contributed by atoms with van der Waals surface area (Å²) in [5.41, 5.74) is 1.84. The van der Waals surface area contributed by atoms with Crippen molar-refractivity contribution in [1.82, 2.24) is 15.7 Å². The topological polar surface area (TPSA) is 92.7 Å². The number of carbonyl (C=O) groups is 1. The van der Waals surface area contributed by atoms with Gasteiger partial charge in [-0.1, -0.05) is 18.8 Å². The lowest BCUT2D eigenvalue weighted by atomic mass is 9.64. The lowest BCUT2D eigenvalue weighted by Gasteiger charge is -2.43. The second-order valence-electron chi connectivity index (χ2n) is 11.1. The van der Waals surface area contributed by atoms with Crippen LogP contribution in [0.25, 0.3) is 0 Å². The van der Waals surface area contributed by atoms with Crippen LogP contribution in [0.4, 0.5) is 0 Å². The molecular formula is C26H41N3O6. The first-order chi connectivity index (χ1) is 16.7. The Morgan fingerprint density at radius 3 is 2.69 bits per heavy atom. The van der Waals surface area contributed by atoms with Crippen LogP contribution in [-0.2, 0) is 14.7 Å². The maximum Gasteiger partial charge on any atom is 0.251 e. The third kappa shape index (κ3) is 6.93. The molecule has 35 heavy (non-hydrogen) atoms. The van der Waals surface area contributed by atoms with E-state index in [2.05, 4.69) is 24.2 Å². The first-order valence-electron chi connectivity index (χ1n) is 12.9. The lowest BCUT2D eigenvalue weighted by Crippen LogP contribution is -2.46. The van der Waals surface area contributed by atoms with Crippen LogP contribution < -0.4 is 10.1 Å². The van der Waals surface area contributed by atoms with E-state index in [1.807, 2.05) is 19.1 Å². The molecule has 3 aliphatic rings. The summed E-state index contributed by atoms with van der Waals surface area (Å²) in [5.74, 6) is 1.65. The third-order valence-electron chi connectivity index (χ3n) is 7.35. The Kier molecular flexibility index (Phi) is 8.67. The normalized spacial score (nSPS) is 24.8. The van der Waals surface area contributed by atoms with Crippen molar-refractivity contribution in [2.75, 3.05) is 26.3 Å². The van der Waals surface area contributed by atoms with Gasteiger partial charge in [-0.05, 0) is 87.5 Å². The molecule has 0 radical (unpaired) electrons. The molecule has 2 aliphatic heterocycles. The van der Waals surface area contributed by atoms with Crippen molar-refractivity contribution in [3.8, 4) is 5.75 Å². The summed E-state index contributed by atoms with van der Waals surface area (Å²) in [5, 5.41) is 15.4. The van der Waals surface area contributed by atoms with Gasteiger partial charge < -0.3 is 15.2 Å². The molecule has 0 spiro atoms.